The molecule has 0 atom stereocenters. The standard InChI is InChI=1S/C10H10N4O2/c1-7-10(8(2)16-13-7)5-14-4-9(3-12-14)11-6-15/h3-4H,5H2,1-2H3. The van der Waals surface area contributed by atoms with E-state index in [4.69, 9.17) is 4.52 Å². The number of hydrogen-bond acceptors (Lipinski definition) is 5. The second-order valence-corrected chi connectivity index (χ2v) is 3.40. The van der Waals surface area contributed by atoms with Gasteiger partial charge < -0.3 is 4.52 Å². The van der Waals surface area contributed by atoms with Gasteiger partial charge in [-0.1, -0.05) is 5.16 Å². The summed E-state index contributed by atoms with van der Waals surface area (Å²) >= 11 is 0. The van der Waals surface area contributed by atoms with Crippen molar-refractivity contribution in [3.63, 3.8) is 0 Å². The zero-order valence-corrected chi connectivity index (χ0v) is 8.97. The molecule has 0 aliphatic heterocycles. The minimum atomic E-state index is 0.488. The van der Waals surface area contributed by atoms with Crippen molar-refractivity contribution in [3.05, 3.63) is 29.4 Å². The Kier molecular flexibility index (Phi) is 2.66. The third-order valence-corrected chi connectivity index (χ3v) is 2.30. The lowest BCUT2D eigenvalue weighted by Crippen LogP contribution is -2.01. The lowest BCUT2D eigenvalue weighted by atomic mass is 10.2. The SMILES string of the molecule is Cc1noc(C)c1Cn1cc(N=C=O)cn1. The Morgan fingerprint density at radius 3 is 3.00 bits per heavy atom. The molecular formula is C10H10N4O2. The van der Waals surface area contributed by atoms with E-state index in [0.717, 1.165) is 17.0 Å². The molecule has 0 spiro atoms. The van der Waals surface area contributed by atoms with Crippen LogP contribution < -0.4 is 0 Å². The fourth-order valence-electron chi connectivity index (χ4n) is 1.44. The van der Waals surface area contributed by atoms with Crippen LogP contribution in [0.5, 0.6) is 0 Å². The molecule has 0 fully saturated rings. The summed E-state index contributed by atoms with van der Waals surface area (Å²) in [6.45, 7) is 4.28. The first-order valence-electron chi connectivity index (χ1n) is 4.73. The number of rotatable bonds is 3. The minimum Gasteiger partial charge on any atom is -0.361 e. The minimum absolute atomic E-state index is 0.488. The predicted octanol–water partition coefficient (Wildman–Crippen LogP) is 1.50. The van der Waals surface area contributed by atoms with Gasteiger partial charge in [0, 0.05) is 5.56 Å². The maximum atomic E-state index is 10.1. The highest BCUT2D eigenvalue weighted by molar-refractivity contribution is 5.46. The molecule has 0 unspecified atom stereocenters. The molecule has 2 rings (SSSR count). The third-order valence-electron chi connectivity index (χ3n) is 2.30. The van der Waals surface area contributed by atoms with Gasteiger partial charge in [-0.25, -0.2) is 4.79 Å². The Balaban J connectivity index is 2.23. The lowest BCUT2D eigenvalue weighted by Gasteiger charge is -1.99. The number of aliphatic imine (C=N–C) groups is 1. The van der Waals surface area contributed by atoms with E-state index in [0.29, 0.717) is 12.2 Å². The van der Waals surface area contributed by atoms with Gasteiger partial charge in [0.15, 0.2) is 0 Å². The maximum absolute atomic E-state index is 10.1. The smallest absolute Gasteiger partial charge is 0.240 e. The van der Waals surface area contributed by atoms with Crippen LogP contribution >= 0.6 is 0 Å². The van der Waals surface area contributed by atoms with Crippen molar-refractivity contribution in [2.24, 2.45) is 4.99 Å². The van der Waals surface area contributed by atoms with Gasteiger partial charge in [-0.2, -0.15) is 10.1 Å². The normalized spacial score (nSPS) is 10.1. The highest BCUT2D eigenvalue weighted by Crippen LogP contribution is 2.15. The van der Waals surface area contributed by atoms with Gasteiger partial charge in [0.25, 0.3) is 0 Å². The molecule has 2 heterocycles. The van der Waals surface area contributed by atoms with Crippen molar-refractivity contribution in [1.29, 1.82) is 0 Å². The van der Waals surface area contributed by atoms with Gasteiger partial charge in [-0.3, -0.25) is 4.68 Å². The largest absolute Gasteiger partial charge is 0.361 e. The molecule has 2 aromatic rings. The second kappa shape index (κ2) is 4.12. The molecule has 0 aliphatic carbocycles. The molecule has 6 nitrogen and oxygen atoms in total. The van der Waals surface area contributed by atoms with E-state index in [-0.39, 0.29) is 0 Å². The van der Waals surface area contributed by atoms with Crippen molar-refractivity contribution in [2.75, 3.05) is 0 Å². The van der Waals surface area contributed by atoms with E-state index in [9.17, 15) is 4.79 Å². The molecule has 0 bridgehead atoms. The quantitative estimate of drug-likeness (QED) is 0.578. The average Bonchev–Trinajstić information content (AvgIpc) is 2.81. The molecule has 0 radical (unpaired) electrons. The average molecular weight is 218 g/mol. The van der Waals surface area contributed by atoms with Gasteiger partial charge in [0.2, 0.25) is 6.08 Å². The van der Waals surface area contributed by atoms with E-state index >= 15 is 0 Å². The van der Waals surface area contributed by atoms with E-state index < -0.39 is 0 Å². The molecule has 0 saturated carbocycles. The van der Waals surface area contributed by atoms with Gasteiger partial charge >= 0.3 is 0 Å². The van der Waals surface area contributed by atoms with Crippen LogP contribution in [0.2, 0.25) is 0 Å². The molecule has 0 amide bonds. The van der Waals surface area contributed by atoms with Crippen molar-refractivity contribution in [3.8, 4) is 0 Å². The zero-order valence-electron chi connectivity index (χ0n) is 8.97. The summed E-state index contributed by atoms with van der Waals surface area (Å²) in [5.74, 6) is 0.772. The number of isocyanates is 1. The Hall–Kier alpha value is -2.20. The lowest BCUT2D eigenvalue weighted by molar-refractivity contribution is 0.391. The van der Waals surface area contributed by atoms with Crippen molar-refractivity contribution >= 4 is 11.8 Å². The molecule has 0 saturated heterocycles. The Bertz CT molecular complexity index is 529. The van der Waals surface area contributed by atoms with Crippen LogP contribution in [-0.4, -0.2) is 21.0 Å². The molecule has 82 valence electrons. The van der Waals surface area contributed by atoms with Crippen LogP contribution in [0.3, 0.4) is 0 Å². The highest BCUT2D eigenvalue weighted by atomic mass is 16.5. The fraction of sp³-hybridized carbons (Fsp3) is 0.300. The fourth-order valence-corrected chi connectivity index (χ4v) is 1.44. The van der Waals surface area contributed by atoms with Crippen LogP contribution in [0, 0.1) is 13.8 Å². The third kappa shape index (κ3) is 1.92. The van der Waals surface area contributed by atoms with Crippen molar-refractivity contribution in [2.45, 2.75) is 20.4 Å². The van der Waals surface area contributed by atoms with Gasteiger partial charge in [-0.15, -0.1) is 0 Å². The van der Waals surface area contributed by atoms with Crippen LogP contribution in [0.15, 0.2) is 21.9 Å². The van der Waals surface area contributed by atoms with Gasteiger partial charge in [0.05, 0.1) is 24.6 Å². The number of nitrogens with zero attached hydrogens (tertiary/aromatic N) is 4. The van der Waals surface area contributed by atoms with Crippen LogP contribution in [-0.2, 0) is 11.3 Å². The first kappa shape index (κ1) is 10.3. The number of aryl methyl sites for hydroxylation is 2. The van der Waals surface area contributed by atoms with Gasteiger partial charge in [-0.05, 0) is 13.8 Å². The first-order chi connectivity index (χ1) is 7.70. The summed E-state index contributed by atoms with van der Waals surface area (Å²) in [6, 6.07) is 0. The van der Waals surface area contributed by atoms with E-state index in [1.807, 2.05) is 13.8 Å². The molecular weight excluding hydrogens is 208 g/mol. The molecule has 6 heteroatoms. The molecule has 0 aromatic carbocycles. The summed E-state index contributed by atoms with van der Waals surface area (Å²) in [7, 11) is 0. The summed E-state index contributed by atoms with van der Waals surface area (Å²) in [5.41, 5.74) is 2.32. The molecule has 0 aliphatic rings. The van der Waals surface area contributed by atoms with Gasteiger partial charge in [0.1, 0.15) is 11.4 Å². The Labute approximate surface area is 91.6 Å². The second-order valence-electron chi connectivity index (χ2n) is 3.40. The first-order valence-corrected chi connectivity index (χ1v) is 4.73. The summed E-state index contributed by atoms with van der Waals surface area (Å²) in [6.07, 6.45) is 4.64. The van der Waals surface area contributed by atoms with E-state index in [1.165, 1.54) is 12.3 Å². The number of aromatic nitrogens is 3. The molecule has 16 heavy (non-hydrogen) atoms. The Morgan fingerprint density at radius 1 is 1.56 bits per heavy atom. The summed E-state index contributed by atoms with van der Waals surface area (Å²) < 4.78 is 6.71. The molecule has 2 aromatic heterocycles. The zero-order chi connectivity index (χ0) is 11.5. The van der Waals surface area contributed by atoms with Crippen LogP contribution in [0.25, 0.3) is 0 Å². The van der Waals surface area contributed by atoms with Crippen molar-refractivity contribution < 1.29 is 9.32 Å². The number of carbonyl (C=O) groups excluding carboxylic acids is 1. The maximum Gasteiger partial charge on any atom is 0.240 e. The summed E-state index contributed by atoms with van der Waals surface area (Å²) in [5, 5.41) is 7.92. The van der Waals surface area contributed by atoms with Crippen LogP contribution in [0.1, 0.15) is 17.0 Å². The van der Waals surface area contributed by atoms with E-state index in [2.05, 4.69) is 15.2 Å². The monoisotopic (exact) mass is 218 g/mol. The Morgan fingerprint density at radius 2 is 2.38 bits per heavy atom. The van der Waals surface area contributed by atoms with Crippen LogP contribution in [0.4, 0.5) is 5.69 Å². The molecule has 0 N–H and O–H groups in total. The van der Waals surface area contributed by atoms with Crippen molar-refractivity contribution in [1.82, 2.24) is 14.9 Å². The number of hydrogen-bond donors (Lipinski definition) is 0. The highest BCUT2D eigenvalue weighted by Gasteiger charge is 2.09. The predicted molar refractivity (Wildman–Crippen MR) is 55.1 cm³/mol. The topological polar surface area (TPSA) is 73.3 Å². The van der Waals surface area contributed by atoms with E-state index in [1.54, 1.807) is 10.9 Å². The summed E-state index contributed by atoms with van der Waals surface area (Å²) in [4.78, 5) is 13.5.